The zero-order valence-corrected chi connectivity index (χ0v) is 14.6. The first kappa shape index (κ1) is 17.6. The van der Waals surface area contributed by atoms with Crippen LogP contribution in [0.1, 0.15) is 20.8 Å². The van der Waals surface area contributed by atoms with Crippen LogP contribution < -0.4 is 9.73 Å². The van der Waals surface area contributed by atoms with Crippen LogP contribution in [0.5, 0.6) is 0 Å². The number of nitrogens with zero attached hydrogens (tertiary/aromatic N) is 2. The molecule has 0 spiro atoms. The largest absolute Gasteiger partial charge is 0.464 e. The summed E-state index contributed by atoms with van der Waals surface area (Å²) >= 11 is 4.17. The van der Waals surface area contributed by atoms with Gasteiger partial charge in [0.1, 0.15) is 5.69 Å². The topological polar surface area (TPSA) is 80.6 Å². The van der Waals surface area contributed by atoms with Crippen LogP contribution in [-0.4, -0.2) is 29.7 Å². The van der Waals surface area contributed by atoms with E-state index in [2.05, 4.69) is 18.1 Å². The Morgan fingerprint density at radius 2 is 1.69 bits per heavy atom. The summed E-state index contributed by atoms with van der Waals surface area (Å²) in [6.45, 7) is 0. The second kappa shape index (κ2) is 7.32. The molecule has 0 aliphatic carbocycles. The maximum atomic E-state index is 12.5. The first-order valence-corrected chi connectivity index (χ1v) is 8.01. The maximum Gasteiger partial charge on any atom is 0.356 e. The van der Waals surface area contributed by atoms with E-state index in [1.807, 2.05) is 0 Å². The Balaban J connectivity index is 1.94. The number of fused-ring (bicyclic) bond motifs is 1. The highest BCUT2D eigenvalue weighted by Gasteiger charge is 2.24. The van der Waals surface area contributed by atoms with Crippen molar-refractivity contribution in [1.29, 1.82) is 0 Å². The number of para-hydroxylation sites is 1. The second-order valence-electron chi connectivity index (χ2n) is 5.31. The van der Waals surface area contributed by atoms with Crippen LogP contribution in [0.25, 0.3) is 10.9 Å². The molecule has 0 saturated heterocycles. The third-order valence-electron chi connectivity index (χ3n) is 3.71. The monoisotopic (exact) mass is 369 g/mol. The van der Waals surface area contributed by atoms with Gasteiger partial charge in [0.25, 0.3) is 5.91 Å². The fourth-order valence-corrected chi connectivity index (χ4v) is 2.74. The number of thiol groups is 1. The Kier molecular flexibility index (Phi) is 4.94. The number of carbonyl (C=O) groups excluding carboxylic acids is 3. The molecular formula is C18H15N3O4S. The highest BCUT2D eigenvalue weighted by molar-refractivity contribution is 7.82. The third kappa shape index (κ3) is 3.27. The maximum absolute atomic E-state index is 12.5. The van der Waals surface area contributed by atoms with E-state index in [0.717, 1.165) is 4.41 Å². The molecule has 3 rings (SSSR count). The molecule has 3 amide bonds. The Morgan fingerprint density at radius 1 is 1.04 bits per heavy atom. The molecule has 0 bridgehead atoms. The molecule has 0 atom stereocenters. The molecule has 2 aromatic carbocycles. The van der Waals surface area contributed by atoms with Gasteiger partial charge in [0.2, 0.25) is 0 Å². The van der Waals surface area contributed by atoms with Crippen LogP contribution in [0.15, 0.2) is 60.7 Å². The highest BCUT2D eigenvalue weighted by atomic mass is 32.1. The molecule has 1 aromatic heterocycles. The van der Waals surface area contributed by atoms with E-state index in [-0.39, 0.29) is 5.69 Å². The summed E-state index contributed by atoms with van der Waals surface area (Å²) in [5, 5.41) is 2.95. The van der Waals surface area contributed by atoms with E-state index in [1.54, 1.807) is 60.7 Å². The quantitative estimate of drug-likeness (QED) is 0.550. The van der Waals surface area contributed by atoms with Crippen molar-refractivity contribution in [2.45, 2.75) is 0 Å². The van der Waals surface area contributed by atoms with Gasteiger partial charge in [-0.15, -0.1) is 0 Å². The van der Waals surface area contributed by atoms with Gasteiger partial charge >= 0.3 is 12.0 Å². The van der Waals surface area contributed by atoms with Crippen LogP contribution in [0, 0.1) is 0 Å². The minimum Gasteiger partial charge on any atom is -0.464 e. The van der Waals surface area contributed by atoms with Gasteiger partial charge in [0.05, 0.1) is 12.6 Å². The average molecular weight is 369 g/mol. The molecule has 1 heterocycles. The van der Waals surface area contributed by atoms with Crippen molar-refractivity contribution in [3.05, 3.63) is 71.9 Å². The molecule has 0 radical (unpaired) electrons. The summed E-state index contributed by atoms with van der Waals surface area (Å²) in [4.78, 5) is 36.7. The fourth-order valence-electron chi connectivity index (χ4n) is 2.49. The van der Waals surface area contributed by atoms with Gasteiger partial charge in [0, 0.05) is 10.9 Å². The Morgan fingerprint density at radius 3 is 2.38 bits per heavy atom. The lowest BCUT2D eigenvalue weighted by molar-refractivity contribution is 0.0590. The number of methoxy groups -OCH3 is 1. The summed E-state index contributed by atoms with van der Waals surface area (Å²) in [6, 6.07) is 16.1. The lowest BCUT2D eigenvalue weighted by Crippen LogP contribution is -2.44. The van der Waals surface area contributed by atoms with Crippen LogP contribution in [0.4, 0.5) is 4.79 Å². The molecule has 132 valence electrons. The highest BCUT2D eigenvalue weighted by Crippen LogP contribution is 2.22. The molecule has 3 aromatic rings. The number of amides is 3. The zero-order valence-electron chi connectivity index (χ0n) is 13.7. The molecule has 0 aliphatic rings. The SMILES string of the molecule is COC(=O)c1cc2ccccc2n1N(S)C(=O)NC(=O)c1ccccc1. The first-order valence-electron chi connectivity index (χ1n) is 7.61. The Labute approximate surface area is 154 Å². The molecule has 0 saturated carbocycles. The normalized spacial score (nSPS) is 10.4. The van der Waals surface area contributed by atoms with Gasteiger partial charge in [-0.25, -0.2) is 14.3 Å². The van der Waals surface area contributed by atoms with Crippen LogP contribution in [0.3, 0.4) is 0 Å². The number of hydrogen-bond donors (Lipinski definition) is 2. The van der Waals surface area contributed by atoms with E-state index < -0.39 is 17.9 Å². The summed E-state index contributed by atoms with van der Waals surface area (Å²) in [6.07, 6.45) is 0. The van der Waals surface area contributed by atoms with Crippen molar-refractivity contribution in [3.63, 3.8) is 0 Å². The predicted octanol–water partition coefficient (Wildman–Crippen LogP) is 2.76. The second-order valence-corrected chi connectivity index (χ2v) is 5.69. The molecule has 0 unspecified atom stereocenters. The lowest BCUT2D eigenvalue weighted by Gasteiger charge is -2.20. The number of carbonyl (C=O) groups is 3. The summed E-state index contributed by atoms with van der Waals surface area (Å²) in [5.74, 6) is -1.21. The van der Waals surface area contributed by atoms with Crippen LogP contribution >= 0.6 is 12.8 Å². The van der Waals surface area contributed by atoms with Gasteiger partial charge < -0.3 is 4.74 Å². The van der Waals surface area contributed by atoms with Crippen molar-refractivity contribution in [3.8, 4) is 0 Å². The molecule has 1 N–H and O–H groups in total. The number of imide groups is 1. The number of esters is 1. The first-order chi connectivity index (χ1) is 12.5. The van der Waals surface area contributed by atoms with E-state index in [9.17, 15) is 14.4 Å². The van der Waals surface area contributed by atoms with Crippen molar-refractivity contribution >= 4 is 41.6 Å². The summed E-state index contributed by atoms with van der Waals surface area (Å²) in [5.41, 5.74) is 0.990. The van der Waals surface area contributed by atoms with Gasteiger partial charge in [-0.3, -0.25) is 10.1 Å². The molecule has 0 fully saturated rings. The predicted molar refractivity (Wildman–Crippen MR) is 99.8 cm³/mol. The van der Waals surface area contributed by atoms with Crippen molar-refractivity contribution in [2.24, 2.45) is 0 Å². The van der Waals surface area contributed by atoms with E-state index >= 15 is 0 Å². The van der Waals surface area contributed by atoms with Crippen molar-refractivity contribution in [2.75, 3.05) is 11.5 Å². The van der Waals surface area contributed by atoms with Gasteiger partial charge in [-0.2, -0.15) is 4.41 Å². The van der Waals surface area contributed by atoms with E-state index in [4.69, 9.17) is 4.74 Å². The minimum atomic E-state index is -0.811. The lowest BCUT2D eigenvalue weighted by atomic mass is 10.2. The van der Waals surface area contributed by atoms with Crippen LogP contribution in [0.2, 0.25) is 0 Å². The fraction of sp³-hybridized carbons (Fsp3) is 0.0556. The Hall–Kier alpha value is -3.26. The minimum absolute atomic E-state index is 0.103. The van der Waals surface area contributed by atoms with Gasteiger partial charge in [-0.1, -0.05) is 36.4 Å². The average Bonchev–Trinajstić information content (AvgIpc) is 3.06. The molecular weight excluding hydrogens is 354 g/mol. The van der Waals surface area contributed by atoms with Crippen molar-refractivity contribution in [1.82, 2.24) is 9.99 Å². The zero-order chi connectivity index (χ0) is 18.7. The molecule has 8 heteroatoms. The standard InChI is InChI=1S/C18H15N3O4S/c1-25-17(23)15-11-13-9-5-6-10-14(13)20(15)21(26)18(24)19-16(22)12-7-3-2-4-8-12/h2-11,26H,1H3,(H,19,22,24). The van der Waals surface area contributed by atoms with Gasteiger partial charge in [0.15, 0.2) is 0 Å². The van der Waals surface area contributed by atoms with E-state index in [0.29, 0.717) is 16.5 Å². The van der Waals surface area contributed by atoms with Crippen LogP contribution in [-0.2, 0) is 4.74 Å². The van der Waals surface area contributed by atoms with Gasteiger partial charge in [-0.05, 0) is 37.1 Å². The number of nitrogens with one attached hydrogen (secondary N) is 1. The summed E-state index contributed by atoms with van der Waals surface area (Å²) < 4.78 is 6.90. The Bertz CT molecular complexity index is 985. The number of benzene rings is 2. The number of aromatic nitrogens is 1. The van der Waals surface area contributed by atoms with E-state index in [1.165, 1.54) is 11.8 Å². The number of rotatable bonds is 3. The molecule has 7 nitrogen and oxygen atoms in total. The third-order valence-corrected chi connectivity index (χ3v) is 4.07. The number of hydrogen-bond acceptors (Lipinski definition) is 5. The van der Waals surface area contributed by atoms with Crippen molar-refractivity contribution < 1.29 is 19.1 Å². The summed E-state index contributed by atoms with van der Waals surface area (Å²) in [7, 11) is 1.24. The molecule has 26 heavy (non-hydrogen) atoms. The smallest absolute Gasteiger partial charge is 0.356 e. The molecule has 0 aliphatic heterocycles. The number of urea groups is 1. The number of ether oxygens (including phenoxy) is 1.